The fourth-order valence-electron chi connectivity index (χ4n) is 5.33. The summed E-state index contributed by atoms with van der Waals surface area (Å²) < 4.78 is 9.46. The fourth-order valence-corrected chi connectivity index (χ4v) is 6.84. The van der Waals surface area contributed by atoms with Gasteiger partial charge in [-0.3, -0.25) is 4.79 Å². The second-order valence-electron chi connectivity index (χ2n) is 10.4. The van der Waals surface area contributed by atoms with Crippen LogP contribution < -0.4 is 10.9 Å². The van der Waals surface area contributed by atoms with Gasteiger partial charge in [0.25, 0.3) is 5.56 Å². The quantitative estimate of drug-likeness (QED) is 0.218. The van der Waals surface area contributed by atoms with Crippen LogP contribution in [-0.4, -0.2) is 32.3 Å². The van der Waals surface area contributed by atoms with E-state index in [1.54, 1.807) is 22.0 Å². The van der Waals surface area contributed by atoms with E-state index in [1.807, 2.05) is 31.3 Å². The van der Waals surface area contributed by atoms with Gasteiger partial charge in [-0.1, -0.05) is 35.9 Å². The third-order valence-corrected chi connectivity index (χ3v) is 9.24. The van der Waals surface area contributed by atoms with Crippen molar-refractivity contribution < 1.29 is 4.74 Å². The molecule has 1 fully saturated rings. The Bertz CT molecular complexity index is 1690. The van der Waals surface area contributed by atoms with Crippen LogP contribution in [0.15, 0.2) is 71.9 Å². The molecule has 1 atom stereocenters. The van der Waals surface area contributed by atoms with Crippen molar-refractivity contribution in [2.75, 3.05) is 18.5 Å². The highest BCUT2D eigenvalue weighted by Crippen LogP contribution is 2.41. The Labute approximate surface area is 242 Å². The molecular formula is C31H32ClN5O2S. The molecule has 206 valence electrons. The van der Waals surface area contributed by atoms with E-state index in [2.05, 4.69) is 58.5 Å². The molecule has 0 radical (unpaired) electrons. The van der Waals surface area contributed by atoms with Crippen LogP contribution in [0.3, 0.4) is 0 Å². The molecule has 1 saturated heterocycles. The fraction of sp³-hybridized carbons (Fsp3) is 0.323. The van der Waals surface area contributed by atoms with Gasteiger partial charge in [0.2, 0.25) is 0 Å². The molecule has 0 spiro atoms. The molecule has 5 heterocycles. The summed E-state index contributed by atoms with van der Waals surface area (Å²) in [5.74, 6) is 1.76. The zero-order valence-electron chi connectivity index (χ0n) is 22.6. The number of nitrogens with one attached hydrogen (secondary N) is 1. The van der Waals surface area contributed by atoms with Gasteiger partial charge in [0.15, 0.2) is 0 Å². The Balaban J connectivity index is 1.29. The SMILES string of the molecule is Cc1nc(N[C@H](C)c2cc(Cl)c(-c3ccccc3Cn3cccc3)s2)c2cn(CC3CCOCC3)c(=O)cc2n1. The maximum atomic E-state index is 12.9. The van der Waals surface area contributed by atoms with Gasteiger partial charge in [0.05, 0.1) is 26.8 Å². The number of pyridine rings is 1. The number of fused-ring (bicyclic) bond motifs is 1. The van der Waals surface area contributed by atoms with Crippen LogP contribution in [0.2, 0.25) is 5.02 Å². The zero-order chi connectivity index (χ0) is 27.6. The van der Waals surface area contributed by atoms with Gasteiger partial charge in [-0.25, -0.2) is 9.97 Å². The lowest BCUT2D eigenvalue weighted by Crippen LogP contribution is -2.27. The number of aryl methyl sites for hydroxylation is 1. The maximum absolute atomic E-state index is 12.9. The lowest BCUT2D eigenvalue weighted by Gasteiger charge is -2.23. The highest BCUT2D eigenvalue weighted by molar-refractivity contribution is 7.16. The van der Waals surface area contributed by atoms with Crippen LogP contribution in [0.4, 0.5) is 5.82 Å². The van der Waals surface area contributed by atoms with Crippen molar-refractivity contribution in [3.63, 3.8) is 0 Å². The maximum Gasteiger partial charge on any atom is 0.252 e. The van der Waals surface area contributed by atoms with Crippen molar-refractivity contribution >= 4 is 39.7 Å². The van der Waals surface area contributed by atoms with E-state index < -0.39 is 0 Å². The second kappa shape index (κ2) is 11.6. The van der Waals surface area contributed by atoms with Crippen molar-refractivity contribution in [3.05, 3.63) is 98.8 Å². The van der Waals surface area contributed by atoms with Crippen molar-refractivity contribution in [2.24, 2.45) is 5.92 Å². The van der Waals surface area contributed by atoms with Crippen molar-refractivity contribution in [1.82, 2.24) is 19.1 Å². The smallest absolute Gasteiger partial charge is 0.252 e. The first-order valence-electron chi connectivity index (χ1n) is 13.7. The summed E-state index contributed by atoms with van der Waals surface area (Å²) in [6, 6.07) is 16.1. The molecule has 1 N–H and O–H groups in total. The largest absolute Gasteiger partial charge is 0.381 e. The Morgan fingerprint density at radius 2 is 1.90 bits per heavy atom. The van der Waals surface area contributed by atoms with Gasteiger partial charge in [0, 0.05) is 55.8 Å². The van der Waals surface area contributed by atoms with E-state index in [0.717, 1.165) is 64.1 Å². The molecule has 6 rings (SSSR count). The molecule has 0 aliphatic carbocycles. The predicted molar refractivity (Wildman–Crippen MR) is 162 cm³/mol. The van der Waals surface area contributed by atoms with Crippen molar-refractivity contribution in [3.8, 4) is 10.4 Å². The standard InChI is InChI=1S/C31H32ClN5O2S/c1-20(28-15-26(32)30(40-28)24-8-4-3-7-23(24)18-36-11-5-6-12-36)33-31-25-19-37(17-22-9-13-39-14-10-22)29(38)16-27(25)34-21(2)35-31/h3-8,11-12,15-16,19-20,22H,9-10,13-14,17-18H2,1-2H3,(H,33,34,35)/t20-/m1/s1. The Morgan fingerprint density at radius 1 is 1.12 bits per heavy atom. The van der Waals surface area contributed by atoms with Gasteiger partial charge in [0.1, 0.15) is 11.6 Å². The van der Waals surface area contributed by atoms with E-state index in [0.29, 0.717) is 23.8 Å². The molecule has 0 saturated carbocycles. The van der Waals surface area contributed by atoms with Crippen LogP contribution in [0, 0.1) is 12.8 Å². The first-order valence-corrected chi connectivity index (χ1v) is 14.9. The van der Waals surface area contributed by atoms with Crippen molar-refractivity contribution in [2.45, 2.75) is 45.8 Å². The van der Waals surface area contributed by atoms with Gasteiger partial charge in [-0.05, 0) is 61.9 Å². The van der Waals surface area contributed by atoms with Gasteiger partial charge >= 0.3 is 0 Å². The third-order valence-electron chi connectivity index (χ3n) is 7.48. The summed E-state index contributed by atoms with van der Waals surface area (Å²) in [5.41, 5.74) is 2.98. The number of nitrogens with zero attached hydrogens (tertiary/aromatic N) is 4. The number of hydrogen-bond acceptors (Lipinski definition) is 6. The van der Waals surface area contributed by atoms with Gasteiger partial charge in [-0.15, -0.1) is 11.3 Å². The van der Waals surface area contributed by atoms with Crippen LogP contribution in [-0.2, 0) is 17.8 Å². The minimum absolute atomic E-state index is 0.0376. The molecule has 0 unspecified atom stereocenters. The lowest BCUT2D eigenvalue weighted by atomic mass is 10.0. The number of hydrogen-bond donors (Lipinski definition) is 1. The van der Waals surface area contributed by atoms with E-state index in [1.165, 1.54) is 5.56 Å². The number of thiophene rings is 1. The molecule has 1 aliphatic rings. The van der Waals surface area contributed by atoms with Gasteiger partial charge in [-0.2, -0.15) is 0 Å². The lowest BCUT2D eigenvalue weighted by molar-refractivity contribution is 0.0610. The van der Waals surface area contributed by atoms with E-state index in [9.17, 15) is 4.79 Å². The third kappa shape index (κ3) is 5.70. The Kier molecular flexibility index (Phi) is 7.74. The van der Waals surface area contributed by atoms with Crippen LogP contribution in [0.25, 0.3) is 21.3 Å². The molecule has 0 bridgehead atoms. The molecule has 4 aromatic heterocycles. The zero-order valence-corrected chi connectivity index (χ0v) is 24.2. The number of benzene rings is 1. The van der Waals surface area contributed by atoms with E-state index in [4.69, 9.17) is 21.3 Å². The summed E-state index contributed by atoms with van der Waals surface area (Å²) in [6.07, 6.45) is 7.98. The van der Waals surface area contributed by atoms with Crippen molar-refractivity contribution in [1.29, 1.82) is 0 Å². The molecule has 7 nitrogen and oxygen atoms in total. The van der Waals surface area contributed by atoms with Crippen LogP contribution in [0.5, 0.6) is 0 Å². The van der Waals surface area contributed by atoms with Crippen LogP contribution in [0.1, 0.15) is 42.1 Å². The van der Waals surface area contributed by atoms with Gasteiger partial charge < -0.3 is 19.2 Å². The summed E-state index contributed by atoms with van der Waals surface area (Å²) in [5, 5.41) is 5.17. The second-order valence-corrected chi connectivity index (χ2v) is 11.9. The number of halogens is 1. The predicted octanol–water partition coefficient (Wildman–Crippen LogP) is 6.93. The summed E-state index contributed by atoms with van der Waals surface area (Å²) >= 11 is 8.53. The topological polar surface area (TPSA) is 74.0 Å². The minimum atomic E-state index is -0.0544. The number of aromatic nitrogens is 4. The number of rotatable bonds is 8. The van der Waals surface area contributed by atoms with Crippen LogP contribution >= 0.6 is 22.9 Å². The Morgan fingerprint density at radius 3 is 2.70 bits per heavy atom. The highest BCUT2D eigenvalue weighted by atomic mass is 35.5. The average molecular weight is 574 g/mol. The molecule has 0 amide bonds. The Hall–Kier alpha value is -3.46. The molecule has 1 aliphatic heterocycles. The normalized spacial score (nSPS) is 15.0. The van der Waals surface area contributed by atoms with E-state index in [-0.39, 0.29) is 11.6 Å². The highest BCUT2D eigenvalue weighted by Gasteiger charge is 2.20. The summed E-state index contributed by atoms with van der Waals surface area (Å²) in [7, 11) is 0. The summed E-state index contributed by atoms with van der Waals surface area (Å²) in [4.78, 5) is 24.4. The number of ether oxygens (including phenoxy) is 1. The summed E-state index contributed by atoms with van der Waals surface area (Å²) in [6.45, 7) is 6.92. The molecule has 1 aromatic carbocycles. The minimum Gasteiger partial charge on any atom is -0.381 e. The molecule has 9 heteroatoms. The monoisotopic (exact) mass is 573 g/mol. The average Bonchev–Trinajstić information content (AvgIpc) is 3.60. The van der Waals surface area contributed by atoms with E-state index >= 15 is 0 Å². The first kappa shape index (κ1) is 26.7. The molecule has 5 aromatic rings. The number of anilines is 1. The molecule has 40 heavy (non-hydrogen) atoms. The molecular weight excluding hydrogens is 542 g/mol. The first-order chi connectivity index (χ1) is 19.4.